The number of allylic oxidation sites excluding steroid dienone is 4. The van der Waals surface area contributed by atoms with Gasteiger partial charge in [-0.2, -0.15) is 5.10 Å². The normalized spacial score (nSPS) is 14.1. The van der Waals surface area contributed by atoms with Crippen LogP contribution in [0.3, 0.4) is 0 Å². The minimum absolute atomic E-state index is 0.642. The Morgan fingerprint density at radius 3 is 2.92 bits per heavy atom. The van der Waals surface area contributed by atoms with Crippen molar-refractivity contribution >= 4 is 28.5 Å². The first kappa shape index (κ1) is 23.4. The van der Waals surface area contributed by atoms with E-state index >= 15 is 0 Å². The van der Waals surface area contributed by atoms with E-state index < -0.39 is 0 Å². The van der Waals surface area contributed by atoms with Crippen LogP contribution in [-0.4, -0.2) is 55.6 Å². The molecule has 0 amide bonds. The van der Waals surface area contributed by atoms with Crippen molar-refractivity contribution in [2.24, 2.45) is 4.99 Å². The number of aliphatic imine (C=N–C) groups is 1. The molecule has 5 rings (SSSR count). The van der Waals surface area contributed by atoms with Crippen molar-refractivity contribution in [1.82, 2.24) is 35.0 Å². The molecule has 1 aliphatic heterocycles. The summed E-state index contributed by atoms with van der Waals surface area (Å²) in [6, 6.07) is 4.28. The summed E-state index contributed by atoms with van der Waals surface area (Å²) in [5.74, 6) is 0. The molecule has 8 heteroatoms. The molecule has 4 aromatic rings. The fourth-order valence-electron chi connectivity index (χ4n) is 4.39. The van der Waals surface area contributed by atoms with Crippen LogP contribution in [0.4, 0.5) is 0 Å². The molecule has 1 aliphatic rings. The van der Waals surface area contributed by atoms with E-state index in [1.807, 2.05) is 42.5 Å². The second kappa shape index (κ2) is 10.1. The van der Waals surface area contributed by atoms with Gasteiger partial charge in [-0.3, -0.25) is 10.1 Å². The van der Waals surface area contributed by atoms with Crippen LogP contribution in [0.2, 0.25) is 0 Å². The van der Waals surface area contributed by atoms with E-state index in [0.717, 1.165) is 69.2 Å². The molecule has 0 atom stereocenters. The molecule has 182 valence electrons. The Bertz CT molecular complexity index is 1540. The van der Waals surface area contributed by atoms with Gasteiger partial charge in [0.15, 0.2) is 5.65 Å². The van der Waals surface area contributed by atoms with Crippen molar-refractivity contribution in [3.63, 3.8) is 0 Å². The molecule has 0 unspecified atom stereocenters. The second-order valence-electron chi connectivity index (χ2n) is 8.78. The largest absolute Gasteiger partial charge is 0.357 e. The molecule has 0 saturated carbocycles. The van der Waals surface area contributed by atoms with Gasteiger partial charge in [-0.1, -0.05) is 25.7 Å². The third-order valence-corrected chi connectivity index (χ3v) is 6.16. The summed E-state index contributed by atoms with van der Waals surface area (Å²) in [5, 5.41) is 12.0. The summed E-state index contributed by atoms with van der Waals surface area (Å²) < 4.78 is 2.01. The summed E-state index contributed by atoms with van der Waals surface area (Å²) in [7, 11) is 0. The molecule has 8 nitrogen and oxygen atoms in total. The average Bonchev–Trinajstić information content (AvgIpc) is 3.55. The van der Waals surface area contributed by atoms with Gasteiger partial charge in [-0.25, -0.2) is 9.97 Å². The molecule has 0 radical (unpaired) electrons. The molecule has 0 saturated heterocycles. The van der Waals surface area contributed by atoms with Crippen molar-refractivity contribution in [3.8, 4) is 11.4 Å². The fraction of sp³-hybridized carbons (Fsp3) is 0.214. The van der Waals surface area contributed by atoms with Crippen LogP contribution in [0.15, 0.2) is 72.3 Å². The Hall–Kier alpha value is -4.30. The molecule has 3 N–H and O–H groups in total. The Labute approximate surface area is 210 Å². The third kappa shape index (κ3) is 4.63. The summed E-state index contributed by atoms with van der Waals surface area (Å²) in [5.41, 5.74) is 9.86. The highest BCUT2D eigenvalue weighted by molar-refractivity contribution is 5.94. The van der Waals surface area contributed by atoms with Crippen LogP contribution in [0.1, 0.15) is 29.4 Å². The van der Waals surface area contributed by atoms with Crippen LogP contribution in [0.5, 0.6) is 0 Å². The Balaban J connectivity index is 1.54. The van der Waals surface area contributed by atoms with Gasteiger partial charge in [-0.05, 0) is 55.8 Å². The molecule has 5 heterocycles. The lowest BCUT2D eigenvalue weighted by molar-refractivity contribution is 0.790. The zero-order valence-corrected chi connectivity index (χ0v) is 20.8. The van der Waals surface area contributed by atoms with Gasteiger partial charge in [0.1, 0.15) is 0 Å². The molecular formula is C28H30N8. The van der Waals surface area contributed by atoms with Crippen molar-refractivity contribution in [2.45, 2.75) is 20.8 Å². The van der Waals surface area contributed by atoms with E-state index in [9.17, 15) is 0 Å². The summed E-state index contributed by atoms with van der Waals surface area (Å²) in [6.07, 6.45) is 15.7. The van der Waals surface area contributed by atoms with Crippen molar-refractivity contribution < 1.29 is 0 Å². The molecule has 0 bridgehead atoms. The van der Waals surface area contributed by atoms with E-state index in [1.165, 1.54) is 0 Å². The number of hydrogen-bond donors (Lipinski definition) is 3. The van der Waals surface area contributed by atoms with Crippen molar-refractivity contribution in [1.29, 1.82) is 0 Å². The van der Waals surface area contributed by atoms with Gasteiger partial charge in [-0.15, -0.1) is 0 Å². The third-order valence-electron chi connectivity index (χ3n) is 6.16. The summed E-state index contributed by atoms with van der Waals surface area (Å²) in [6.45, 7) is 12.4. The molecule has 0 fully saturated rings. The molecule has 4 aromatic heterocycles. The SMILES string of the molecule is C=C/C=C(\c1cc(-c2[nH]nc3ncc(C4=CCN=CC(CNCC)=C4)cc23)[nH]c1C)n1cnc(C)c1. The Kier molecular flexibility index (Phi) is 6.60. The maximum absolute atomic E-state index is 4.64. The quantitative estimate of drug-likeness (QED) is 0.315. The fourth-order valence-corrected chi connectivity index (χ4v) is 4.39. The number of nitrogens with zero attached hydrogens (tertiary/aromatic N) is 5. The maximum atomic E-state index is 4.64. The van der Waals surface area contributed by atoms with Crippen molar-refractivity contribution in [2.75, 3.05) is 19.6 Å². The van der Waals surface area contributed by atoms with Crippen LogP contribution in [-0.2, 0) is 0 Å². The lowest BCUT2D eigenvalue weighted by Gasteiger charge is -2.07. The predicted octanol–water partition coefficient (Wildman–Crippen LogP) is 4.85. The minimum Gasteiger partial charge on any atom is -0.357 e. The smallest absolute Gasteiger partial charge is 0.181 e. The number of pyridine rings is 1. The predicted molar refractivity (Wildman–Crippen MR) is 147 cm³/mol. The number of aromatic nitrogens is 6. The molecule has 0 aliphatic carbocycles. The first-order valence-electron chi connectivity index (χ1n) is 12.1. The van der Waals surface area contributed by atoms with Crippen LogP contribution < -0.4 is 5.32 Å². The lowest BCUT2D eigenvalue weighted by atomic mass is 10.0. The highest BCUT2D eigenvalue weighted by Crippen LogP contribution is 2.32. The molecule has 36 heavy (non-hydrogen) atoms. The van der Waals surface area contributed by atoms with Crippen LogP contribution in [0, 0.1) is 13.8 Å². The summed E-state index contributed by atoms with van der Waals surface area (Å²) in [4.78, 5) is 17.1. The second-order valence-corrected chi connectivity index (χ2v) is 8.78. The molecule has 0 spiro atoms. The molecule has 0 aromatic carbocycles. The number of rotatable bonds is 8. The van der Waals surface area contributed by atoms with E-state index in [2.05, 4.69) is 80.2 Å². The number of likely N-dealkylation sites (N-methyl/N-ethyl adjacent to an activating group) is 1. The lowest BCUT2D eigenvalue weighted by Crippen LogP contribution is -2.16. The van der Waals surface area contributed by atoms with E-state index in [4.69, 9.17) is 0 Å². The zero-order valence-electron chi connectivity index (χ0n) is 20.8. The van der Waals surface area contributed by atoms with E-state index in [-0.39, 0.29) is 0 Å². The average molecular weight is 479 g/mol. The van der Waals surface area contributed by atoms with Gasteiger partial charge in [0, 0.05) is 47.4 Å². The zero-order chi connectivity index (χ0) is 25.1. The first-order valence-corrected chi connectivity index (χ1v) is 12.1. The first-order chi connectivity index (χ1) is 17.6. The van der Waals surface area contributed by atoms with Crippen molar-refractivity contribution in [3.05, 3.63) is 89.8 Å². The van der Waals surface area contributed by atoms with Gasteiger partial charge in [0.05, 0.1) is 35.7 Å². The maximum Gasteiger partial charge on any atom is 0.181 e. The van der Waals surface area contributed by atoms with E-state index in [1.54, 1.807) is 6.08 Å². The Morgan fingerprint density at radius 2 is 2.14 bits per heavy atom. The van der Waals surface area contributed by atoms with Gasteiger partial charge >= 0.3 is 0 Å². The number of imidazole rings is 1. The standard InChI is InChI=1S/C28H30N8/c1-5-7-26(36-16-18(3)32-17-36)23-12-25(33-19(23)4)27-24-11-22(15-31-28(24)35-34-27)21-8-9-30-14-20(10-21)13-29-6-2/h5,7-8,10-12,14-17,29,33H,1,6,9,13H2,2-4H3,(H,31,34,35)/b26-7+. The van der Waals surface area contributed by atoms with Gasteiger partial charge in [0.2, 0.25) is 0 Å². The minimum atomic E-state index is 0.642. The highest BCUT2D eigenvalue weighted by Gasteiger charge is 2.17. The molecular weight excluding hydrogens is 448 g/mol. The number of H-pyrrole nitrogens is 2. The number of aromatic amines is 2. The number of nitrogens with one attached hydrogen (secondary N) is 3. The van der Waals surface area contributed by atoms with Crippen LogP contribution >= 0.6 is 0 Å². The van der Waals surface area contributed by atoms with Gasteiger partial charge < -0.3 is 14.9 Å². The number of hydrogen-bond acceptors (Lipinski definition) is 5. The van der Waals surface area contributed by atoms with E-state index in [0.29, 0.717) is 12.2 Å². The highest BCUT2D eigenvalue weighted by atomic mass is 15.2. The topological polar surface area (TPSA) is 99.6 Å². The van der Waals surface area contributed by atoms with Gasteiger partial charge in [0.25, 0.3) is 0 Å². The van der Waals surface area contributed by atoms with Crippen LogP contribution in [0.25, 0.3) is 33.7 Å². The number of fused-ring (bicyclic) bond motifs is 1. The number of aryl methyl sites for hydroxylation is 2. The summed E-state index contributed by atoms with van der Waals surface area (Å²) >= 11 is 0. The Morgan fingerprint density at radius 1 is 1.25 bits per heavy atom. The monoisotopic (exact) mass is 478 g/mol.